The first kappa shape index (κ1) is 13.7. The van der Waals surface area contributed by atoms with Crippen LogP contribution < -0.4 is 4.74 Å². The Bertz CT molecular complexity index is 598. The molecule has 2 rings (SSSR count). The molecule has 6 heteroatoms. The topological polar surface area (TPSA) is 44.1 Å². The molecule has 0 aliphatic rings. The molecule has 0 aliphatic heterocycles. The maximum Gasteiger partial charge on any atom is 0.233 e. The SMILES string of the molecule is Cn1ccc(OCc2c(CF)cccc2C(=O)Br)n1. The minimum Gasteiger partial charge on any atom is -0.472 e. The van der Waals surface area contributed by atoms with Crippen molar-refractivity contribution in [2.45, 2.75) is 13.3 Å². The van der Waals surface area contributed by atoms with Gasteiger partial charge in [0.1, 0.15) is 13.3 Å². The van der Waals surface area contributed by atoms with Crippen LogP contribution in [-0.2, 0) is 20.3 Å². The molecule has 2 aromatic rings. The number of rotatable bonds is 5. The molecule has 0 saturated heterocycles. The molecular weight excluding hydrogens is 315 g/mol. The van der Waals surface area contributed by atoms with E-state index in [1.807, 2.05) is 0 Å². The lowest BCUT2D eigenvalue weighted by atomic mass is 10.0. The van der Waals surface area contributed by atoms with Crippen LogP contribution in [-0.4, -0.2) is 14.5 Å². The first-order valence-corrected chi connectivity index (χ1v) is 6.40. The van der Waals surface area contributed by atoms with E-state index in [2.05, 4.69) is 21.0 Å². The second-order valence-electron chi connectivity index (χ2n) is 3.97. The number of hydrogen-bond acceptors (Lipinski definition) is 3. The molecule has 0 bridgehead atoms. The minimum atomic E-state index is -0.644. The van der Waals surface area contributed by atoms with Crippen LogP contribution in [0.2, 0.25) is 0 Å². The van der Waals surface area contributed by atoms with Gasteiger partial charge in [-0.15, -0.1) is 5.10 Å². The number of ether oxygens (including phenoxy) is 1. The van der Waals surface area contributed by atoms with Gasteiger partial charge in [0.15, 0.2) is 0 Å². The summed E-state index contributed by atoms with van der Waals surface area (Å²) in [7, 11) is 1.77. The summed E-state index contributed by atoms with van der Waals surface area (Å²) in [4.78, 5) is 11.5. The third-order valence-electron chi connectivity index (χ3n) is 2.68. The lowest BCUT2D eigenvalue weighted by Gasteiger charge is -2.10. The van der Waals surface area contributed by atoms with Crippen LogP contribution in [0, 0.1) is 0 Å². The van der Waals surface area contributed by atoms with Gasteiger partial charge in [-0.3, -0.25) is 9.48 Å². The Hall–Kier alpha value is -1.69. The summed E-state index contributed by atoms with van der Waals surface area (Å²) in [5.41, 5.74) is 1.39. The van der Waals surface area contributed by atoms with E-state index in [9.17, 15) is 9.18 Å². The van der Waals surface area contributed by atoms with Crippen molar-refractivity contribution in [1.82, 2.24) is 9.78 Å². The summed E-state index contributed by atoms with van der Waals surface area (Å²) in [5.74, 6) is 0.434. The maximum atomic E-state index is 13.0. The molecule has 0 atom stereocenters. The molecule has 0 amide bonds. The van der Waals surface area contributed by atoms with Crippen molar-refractivity contribution in [3.8, 4) is 5.88 Å². The van der Waals surface area contributed by atoms with Crippen LogP contribution in [0.15, 0.2) is 30.5 Å². The average molecular weight is 327 g/mol. The molecule has 19 heavy (non-hydrogen) atoms. The number of carbonyl (C=O) groups is 1. The predicted molar refractivity (Wildman–Crippen MR) is 72.1 cm³/mol. The Kier molecular flexibility index (Phi) is 4.31. The van der Waals surface area contributed by atoms with Gasteiger partial charge in [0, 0.05) is 30.4 Å². The first-order chi connectivity index (χ1) is 9.11. The molecule has 0 fully saturated rings. The van der Waals surface area contributed by atoms with E-state index in [1.165, 1.54) is 0 Å². The molecule has 100 valence electrons. The fourth-order valence-corrected chi connectivity index (χ4v) is 2.10. The van der Waals surface area contributed by atoms with Gasteiger partial charge in [0.2, 0.25) is 10.6 Å². The molecule has 1 heterocycles. The van der Waals surface area contributed by atoms with Crippen molar-refractivity contribution < 1.29 is 13.9 Å². The fraction of sp³-hybridized carbons (Fsp3) is 0.231. The van der Waals surface area contributed by atoms with E-state index in [-0.39, 0.29) is 11.3 Å². The van der Waals surface area contributed by atoms with Crippen molar-refractivity contribution in [1.29, 1.82) is 0 Å². The Morgan fingerprint density at radius 1 is 1.47 bits per heavy atom. The number of benzene rings is 1. The summed E-state index contributed by atoms with van der Waals surface area (Å²) in [6.07, 6.45) is 1.74. The van der Waals surface area contributed by atoms with Crippen LogP contribution in [0.1, 0.15) is 21.5 Å². The van der Waals surface area contributed by atoms with E-state index in [0.29, 0.717) is 22.6 Å². The van der Waals surface area contributed by atoms with Gasteiger partial charge in [-0.1, -0.05) is 18.2 Å². The average Bonchev–Trinajstić information content (AvgIpc) is 2.81. The molecule has 4 nitrogen and oxygen atoms in total. The van der Waals surface area contributed by atoms with Crippen molar-refractivity contribution >= 4 is 20.6 Å². The smallest absolute Gasteiger partial charge is 0.233 e. The highest BCUT2D eigenvalue weighted by atomic mass is 79.9. The highest BCUT2D eigenvalue weighted by molar-refractivity contribution is 9.18. The zero-order valence-electron chi connectivity index (χ0n) is 10.3. The Morgan fingerprint density at radius 3 is 2.84 bits per heavy atom. The van der Waals surface area contributed by atoms with Gasteiger partial charge in [-0.25, -0.2) is 4.39 Å². The summed E-state index contributed by atoms with van der Waals surface area (Å²) in [6, 6.07) is 6.62. The van der Waals surface area contributed by atoms with Crippen LogP contribution in [0.4, 0.5) is 4.39 Å². The fourth-order valence-electron chi connectivity index (χ4n) is 1.73. The van der Waals surface area contributed by atoms with Crippen LogP contribution >= 0.6 is 15.9 Å². The molecular formula is C13H12BrFN2O2. The third-order valence-corrected chi connectivity index (χ3v) is 3.11. The number of hydrogen-bond donors (Lipinski definition) is 0. The lowest BCUT2D eigenvalue weighted by Crippen LogP contribution is -2.06. The van der Waals surface area contributed by atoms with Crippen molar-refractivity contribution in [2.24, 2.45) is 7.05 Å². The van der Waals surface area contributed by atoms with Crippen LogP contribution in [0.25, 0.3) is 0 Å². The Morgan fingerprint density at radius 2 is 2.26 bits per heavy atom. The molecule has 0 unspecified atom stereocenters. The second kappa shape index (κ2) is 5.97. The van der Waals surface area contributed by atoms with Gasteiger partial charge in [-0.2, -0.15) is 0 Å². The van der Waals surface area contributed by atoms with Crippen molar-refractivity contribution in [2.75, 3.05) is 0 Å². The lowest BCUT2D eigenvalue weighted by molar-refractivity contribution is 0.109. The van der Waals surface area contributed by atoms with Gasteiger partial charge in [0.05, 0.1) is 0 Å². The second-order valence-corrected chi connectivity index (χ2v) is 4.69. The zero-order chi connectivity index (χ0) is 13.8. The molecule has 0 N–H and O–H groups in total. The maximum absolute atomic E-state index is 13.0. The summed E-state index contributed by atoms with van der Waals surface area (Å²) in [5, 5.41) is 4.06. The minimum absolute atomic E-state index is 0.101. The molecule has 0 saturated carbocycles. The molecule has 0 spiro atoms. The third kappa shape index (κ3) is 3.20. The van der Waals surface area contributed by atoms with E-state index < -0.39 is 6.67 Å². The first-order valence-electron chi connectivity index (χ1n) is 5.61. The number of halogens is 2. The number of aromatic nitrogens is 2. The number of aryl methyl sites for hydroxylation is 1. The van der Waals surface area contributed by atoms with Crippen LogP contribution in [0.3, 0.4) is 0 Å². The van der Waals surface area contributed by atoms with E-state index >= 15 is 0 Å². The van der Waals surface area contributed by atoms with E-state index in [4.69, 9.17) is 4.74 Å². The molecule has 0 aliphatic carbocycles. The number of alkyl halides is 1. The van der Waals surface area contributed by atoms with E-state index in [1.54, 1.807) is 42.2 Å². The van der Waals surface area contributed by atoms with Gasteiger partial charge < -0.3 is 4.74 Å². The summed E-state index contributed by atoms with van der Waals surface area (Å²) >= 11 is 2.89. The van der Waals surface area contributed by atoms with Gasteiger partial charge in [-0.05, 0) is 21.5 Å². The molecule has 1 aromatic heterocycles. The Labute approximate surface area is 118 Å². The largest absolute Gasteiger partial charge is 0.472 e. The van der Waals surface area contributed by atoms with E-state index in [0.717, 1.165) is 0 Å². The quantitative estimate of drug-likeness (QED) is 0.793. The number of carbonyl (C=O) groups excluding carboxylic acids is 1. The summed E-state index contributed by atoms with van der Waals surface area (Å²) in [6.45, 7) is -0.543. The monoisotopic (exact) mass is 326 g/mol. The highest BCUT2D eigenvalue weighted by Crippen LogP contribution is 2.20. The zero-order valence-corrected chi connectivity index (χ0v) is 11.9. The molecule has 1 aromatic carbocycles. The number of nitrogens with zero attached hydrogens (tertiary/aromatic N) is 2. The highest BCUT2D eigenvalue weighted by Gasteiger charge is 2.14. The van der Waals surface area contributed by atoms with Gasteiger partial charge in [0.25, 0.3) is 0 Å². The van der Waals surface area contributed by atoms with Crippen molar-refractivity contribution in [3.05, 3.63) is 47.2 Å². The summed E-state index contributed by atoms with van der Waals surface area (Å²) < 4.78 is 19.7. The predicted octanol–water partition coefficient (Wildman–Crippen LogP) is 3.00. The normalized spacial score (nSPS) is 10.5. The standard InChI is InChI=1S/C13H12BrFN2O2/c1-17-6-5-12(16-17)19-8-11-9(7-15)3-2-4-10(11)13(14)18/h2-6H,7-8H2,1H3. The Balaban J connectivity index is 2.25. The van der Waals surface area contributed by atoms with Gasteiger partial charge >= 0.3 is 0 Å². The molecule has 0 radical (unpaired) electrons. The van der Waals surface area contributed by atoms with Crippen LogP contribution in [0.5, 0.6) is 5.88 Å². The van der Waals surface area contributed by atoms with Crippen molar-refractivity contribution in [3.63, 3.8) is 0 Å².